The van der Waals surface area contributed by atoms with E-state index in [2.05, 4.69) is 30.9 Å². The minimum Gasteiger partial charge on any atom is -0.382 e. The molecule has 0 atom stereocenters. The van der Waals surface area contributed by atoms with Crippen molar-refractivity contribution in [1.82, 2.24) is 9.69 Å². The summed E-state index contributed by atoms with van der Waals surface area (Å²) in [6.45, 7) is 0.604. The number of nitrogen functional groups attached to an aromatic ring is 1. The Balaban J connectivity index is 1.73. The quantitative estimate of drug-likeness (QED) is 0.759. The van der Waals surface area contributed by atoms with Crippen LogP contribution in [0.1, 0.15) is 28.8 Å². The Morgan fingerprint density at radius 2 is 2.19 bits per heavy atom. The molecule has 1 heterocycles. The van der Waals surface area contributed by atoms with E-state index < -0.39 is 0 Å². The van der Waals surface area contributed by atoms with Gasteiger partial charge in [0.15, 0.2) is 5.82 Å². The highest BCUT2D eigenvalue weighted by Gasteiger charge is 2.27. The Bertz CT molecular complexity index is 669. The van der Waals surface area contributed by atoms with Crippen molar-refractivity contribution in [3.8, 4) is 0 Å². The minimum atomic E-state index is -0.140. The molecule has 1 fully saturated rings. The van der Waals surface area contributed by atoms with Crippen LogP contribution in [0.2, 0.25) is 0 Å². The van der Waals surface area contributed by atoms with Crippen molar-refractivity contribution in [1.29, 1.82) is 0 Å². The summed E-state index contributed by atoms with van der Waals surface area (Å²) in [6.07, 6.45) is 2.09. The number of carbonyl (C=O) groups excluding carboxylic acids is 1. The van der Waals surface area contributed by atoms with Crippen LogP contribution in [0.15, 0.2) is 28.7 Å². The SMILES string of the molecule is Nc1nsc(NCc2ccccc2Br)c1C(=O)NC1CC1. The molecule has 5 nitrogen and oxygen atoms in total. The molecule has 21 heavy (non-hydrogen) atoms. The molecule has 1 aromatic carbocycles. The second-order valence-corrected chi connectivity index (χ2v) is 6.59. The first kappa shape index (κ1) is 14.3. The van der Waals surface area contributed by atoms with Gasteiger partial charge in [-0.15, -0.1) is 0 Å². The zero-order valence-electron chi connectivity index (χ0n) is 11.2. The van der Waals surface area contributed by atoms with E-state index in [1.54, 1.807) is 0 Å². The number of aromatic nitrogens is 1. The number of hydrogen-bond acceptors (Lipinski definition) is 5. The van der Waals surface area contributed by atoms with Crippen LogP contribution in [0.25, 0.3) is 0 Å². The normalized spacial score (nSPS) is 14.0. The maximum atomic E-state index is 12.2. The van der Waals surface area contributed by atoms with Crippen LogP contribution >= 0.6 is 27.5 Å². The topological polar surface area (TPSA) is 80.0 Å². The highest BCUT2D eigenvalue weighted by Crippen LogP contribution is 2.29. The van der Waals surface area contributed by atoms with Gasteiger partial charge in [0.2, 0.25) is 0 Å². The zero-order valence-corrected chi connectivity index (χ0v) is 13.6. The van der Waals surface area contributed by atoms with Gasteiger partial charge in [0, 0.05) is 17.1 Å². The Kier molecular flexibility index (Phi) is 4.12. The molecule has 0 saturated heterocycles. The van der Waals surface area contributed by atoms with Gasteiger partial charge in [0.1, 0.15) is 10.6 Å². The Labute approximate surface area is 135 Å². The van der Waals surface area contributed by atoms with Gasteiger partial charge in [-0.2, -0.15) is 4.37 Å². The molecule has 0 radical (unpaired) electrons. The standard InChI is InChI=1S/C14H15BrN4OS/c15-10-4-2-1-3-8(10)7-17-14-11(12(16)19-21-14)13(20)18-9-5-6-9/h1-4,9,17H,5-7H2,(H2,16,19)(H,18,20). The number of carbonyl (C=O) groups is 1. The maximum Gasteiger partial charge on any atom is 0.258 e. The third-order valence-corrected chi connectivity index (χ3v) is 4.85. The molecule has 110 valence electrons. The van der Waals surface area contributed by atoms with Crippen molar-refractivity contribution >= 4 is 44.2 Å². The molecular weight excluding hydrogens is 352 g/mol. The van der Waals surface area contributed by atoms with Gasteiger partial charge in [0.05, 0.1) is 0 Å². The van der Waals surface area contributed by atoms with E-state index in [0.29, 0.717) is 23.2 Å². The van der Waals surface area contributed by atoms with Crippen LogP contribution in [-0.4, -0.2) is 16.3 Å². The van der Waals surface area contributed by atoms with Crippen LogP contribution < -0.4 is 16.4 Å². The molecule has 0 unspecified atom stereocenters. The molecule has 0 aliphatic heterocycles. The third-order valence-electron chi connectivity index (χ3n) is 3.26. The summed E-state index contributed by atoms with van der Waals surface area (Å²) in [5, 5.41) is 6.91. The molecule has 1 saturated carbocycles. The summed E-state index contributed by atoms with van der Waals surface area (Å²) in [7, 11) is 0. The Morgan fingerprint density at radius 1 is 1.43 bits per heavy atom. The average Bonchev–Trinajstić information content (AvgIpc) is 3.19. The second-order valence-electron chi connectivity index (χ2n) is 4.96. The van der Waals surface area contributed by atoms with Crippen molar-refractivity contribution in [2.75, 3.05) is 11.1 Å². The number of rotatable bonds is 5. The predicted molar refractivity (Wildman–Crippen MR) is 88.5 cm³/mol. The number of nitrogens with two attached hydrogens (primary N) is 1. The van der Waals surface area contributed by atoms with Gasteiger partial charge in [-0.25, -0.2) is 0 Å². The summed E-state index contributed by atoms with van der Waals surface area (Å²) >= 11 is 4.72. The smallest absolute Gasteiger partial charge is 0.258 e. The monoisotopic (exact) mass is 366 g/mol. The Morgan fingerprint density at radius 3 is 2.90 bits per heavy atom. The van der Waals surface area contributed by atoms with Crippen LogP contribution in [0.3, 0.4) is 0 Å². The van der Waals surface area contributed by atoms with Crippen LogP contribution in [0, 0.1) is 0 Å². The van der Waals surface area contributed by atoms with Crippen molar-refractivity contribution in [3.05, 3.63) is 39.9 Å². The number of halogens is 1. The van der Waals surface area contributed by atoms with Gasteiger partial charge in [-0.3, -0.25) is 4.79 Å². The van der Waals surface area contributed by atoms with Crippen LogP contribution in [0.5, 0.6) is 0 Å². The van der Waals surface area contributed by atoms with Crippen molar-refractivity contribution < 1.29 is 4.79 Å². The molecule has 2 aromatic rings. The van der Waals surface area contributed by atoms with Crippen molar-refractivity contribution in [2.45, 2.75) is 25.4 Å². The summed E-state index contributed by atoms with van der Waals surface area (Å²) in [4.78, 5) is 12.2. The molecule has 4 N–H and O–H groups in total. The van der Waals surface area contributed by atoms with E-state index >= 15 is 0 Å². The van der Waals surface area contributed by atoms with E-state index in [9.17, 15) is 4.79 Å². The van der Waals surface area contributed by atoms with Gasteiger partial charge >= 0.3 is 0 Å². The second kappa shape index (κ2) is 6.03. The fourth-order valence-electron chi connectivity index (χ4n) is 1.95. The number of anilines is 2. The number of hydrogen-bond donors (Lipinski definition) is 3. The fourth-order valence-corrected chi connectivity index (χ4v) is 3.08. The lowest BCUT2D eigenvalue weighted by molar-refractivity contribution is 0.0953. The molecule has 0 bridgehead atoms. The van der Waals surface area contributed by atoms with Gasteiger partial charge in [-0.1, -0.05) is 34.1 Å². The molecule has 3 rings (SSSR count). The molecule has 7 heteroatoms. The third kappa shape index (κ3) is 3.36. The van der Waals surface area contributed by atoms with Crippen molar-refractivity contribution in [2.24, 2.45) is 0 Å². The van der Waals surface area contributed by atoms with E-state index in [1.165, 1.54) is 11.5 Å². The lowest BCUT2D eigenvalue weighted by Gasteiger charge is -2.09. The molecule has 1 amide bonds. The molecule has 1 aliphatic carbocycles. The van der Waals surface area contributed by atoms with Gasteiger partial charge < -0.3 is 16.4 Å². The van der Waals surface area contributed by atoms with Gasteiger partial charge in [0.25, 0.3) is 5.91 Å². The zero-order chi connectivity index (χ0) is 14.8. The first-order valence-electron chi connectivity index (χ1n) is 6.68. The van der Waals surface area contributed by atoms with Gasteiger partial charge in [-0.05, 0) is 36.0 Å². The average molecular weight is 367 g/mol. The lowest BCUT2D eigenvalue weighted by atomic mass is 10.2. The number of nitrogens with zero attached hydrogens (tertiary/aromatic N) is 1. The first-order chi connectivity index (χ1) is 10.1. The maximum absolute atomic E-state index is 12.2. The minimum absolute atomic E-state index is 0.140. The summed E-state index contributed by atoms with van der Waals surface area (Å²) in [5.41, 5.74) is 7.39. The largest absolute Gasteiger partial charge is 0.382 e. The summed E-state index contributed by atoms with van der Waals surface area (Å²) < 4.78 is 5.11. The van der Waals surface area contributed by atoms with E-state index in [1.807, 2.05) is 24.3 Å². The molecule has 1 aliphatic rings. The van der Waals surface area contributed by atoms with E-state index in [-0.39, 0.29) is 11.7 Å². The molecule has 0 spiro atoms. The lowest BCUT2D eigenvalue weighted by Crippen LogP contribution is -2.26. The van der Waals surface area contributed by atoms with E-state index in [0.717, 1.165) is 22.9 Å². The van der Waals surface area contributed by atoms with Crippen LogP contribution in [-0.2, 0) is 6.54 Å². The predicted octanol–water partition coefficient (Wildman–Crippen LogP) is 2.99. The van der Waals surface area contributed by atoms with Crippen molar-refractivity contribution in [3.63, 3.8) is 0 Å². The number of benzene rings is 1. The highest BCUT2D eigenvalue weighted by molar-refractivity contribution is 9.10. The molecular formula is C14H15BrN4OS. The number of amides is 1. The first-order valence-corrected chi connectivity index (χ1v) is 8.25. The Hall–Kier alpha value is -1.60. The van der Waals surface area contributed by atoms with E-state index in [4.69, 9.17) is 5.73 Å². The summed E-state index contributed by atoms with van der Waals surface area (Å²) in [5.74, 6) is 0.145. The molecule has 1 aromatic heterocycles. The summed E-state index contributed by atoms with van der Waals surface area (Å²) in [6, 6.07) is 8.24. The number of nitrogens with one attached hydrogen (secondary N) is 2. The highest BCUT2D eigenvalue weighted by atomic mass is 79.9. The van der Waals surface area contributed by atoms with Crippen LogP contribution in [0.4, 0.5) is 10.8 Å². The fraction of sp³-hybridized carbons (Fsp3) is 0.286.